The molecule has 4 N–H and O–H groups in total. The molecule has 2 saturated heterocycles. The fourth-order valence-electron chi connectivity index (χ4n) is 5.28. The molecule has 5 rings (SSSR count). The number of aliphatic hydroxyl groups is 2. The number of nitrogens with one attached hydrogen (secondary N) is 2. The van der Waals surface area contributed by atoms with Gasteiger partial charge in [-0.2, -0.15) is 5.26 Å². The van der Waals surface area contributed by atoms with Crippen molar-refractivity contribution < 1.29 is 24.5 Å². The summed E-state index contributed by atoms with van der Waals surface area (Å²) in [5, 5.41) is 38.0. The molecule has 3 aromatic rings. The molecule has 2 aliphatic rings. The van der Waals surface area contributed by atoms with E-state index in [2.05, 4.69) is 51.9 Å². The first kappa shape index (κ1) is 28.8. The van der Waals surface area contributed by atoms with Gasteiger partial charge in [-0.3, -0.25) is 9.69 Å². The summed E-state index contributed by atoms with van der Waals surface area (Å²) in [5.41, 5.74) is 3.72. The van der Waals surface area contributed by atoms with E-state index in [-0.39, 0.29) is 12.1 Å². The summed E-state index contributed by atoms with van der Waals surface area (Å²) in [5.74, 6) is -0.564. The number of nitrogens with zero attached hydrogens (tertiary/aromatic N) is 3. The summed E-state index contributed by atoms with van der Waals surface area (Å²) in [7, 11) is 1.90. The predicted molar refractivity (Wildman–Crippen MR) is 157 cm³/mol. The third-order valence-electron chi connectivity index (χ3n) is 7.80. The molecule has 1 aromatic heterocycles. The molecule has 0 radical (unpaired) electrons. The number of carbonyl (C=O) groups is 1. The molecular weight excluding hydrogens is 522 g/mol. The Balaban J connectivity index is 1.23. The summed E-state index contributed by atoms with van der Waals surface area (Å²) in [6.07, 6.45) is -0.811. The second-order valence-corrected chi connectivity index (χ2v) is 10.5. The summed E-state index contributed by atoms with van der Waals surface area (Å²) < 4.78 is 12.8. The zero-order valence-electron chi connectivity index (χ0n) is 23.3. The van der Waals surface area contributed by atoms with Crippen LogP contribution in [0.5, 0.6) is 0 Å². The number of fused-ring (bicyclic) bond motifs is 1. The van der Waals surface area contributed by atoms with Crippen LogP contribution in [0.4, 0.5) is 5.69 Å². The lowest BCUT2D eigenvalue weighted by atomic mass is 10.0. The van der Waals surface area contributed by atoms with E-state index < -0.39 is 24.2 Å². The third-order valence-corrected chi connectivity index (χ3v) is 7.80. The predicted octanol–water partition coefficient (Wildman–Crippen LogP) is 2.12. The average molecular weight is 560 g/mol. The van der Waals surface area contributed by atoms with Crippen LogP contribution in [0, 0.1) is 11.3 Å². The number of nitriles is 1. The quantitative estimate of drug-likeness (QED) is 0.232. The largest absolute Gasteiger partial charge is 0.390 e. The molecule has 2 fully saturated rings. The van der Waals surface area contributed by atoms with E-state index in [9.17, 15) is 20.3 Å². The van der Waals surface area contributed by atoms with Gasteiger partial charge in [-0.25, -0.2) is 0 Å². The lowest BCUT2D eigenvalue weighted by Crippen LogP contribution is -2.50. The Morgan fingerprint density at radius 3 is 2.68 bits per heavy atom. The minimum Gasteiger partial charge on any atom is -0.390 e. The number of carbonyl (C=O) groups excluding carboxylic acids is 1. The van der Waals surface area contributed by atoms with Gasteiger partial charge in [-0.1, -0.05) is 18.2 Å². The molecule has 0 saturated carbocycles. The number of anilines is 1. The van der Waals surface area contributed by atoms with Crippen LogP contribution in [0.2, 0.25) is 0 Å². The Kier molecular flexibility index (Phi) is 9.34. The molecule has 0 bridgehead atoms. The molecule has 0 unspecified atom stereocenters. The molecule has 41 heavy (non-hydrogen) atoms. The van der Waals surface area contributed by atoms with Crippen molar-refractivity contribution in [1.82, 2.24) is 14.8 Å². The SMILES string of the molecule is Cn1c(/C=C(\C#N)C(=O)NC[C@H]2OCC[C@@H](O)[C@@H]2O)ccc1-c1ccc2cc(NCCN3CCOCC3)ccc2c1. The van der Waals surface area contributed by atoms with Crippen LogP contribution in [0.25, 0.3) is 28.1 Å². The van der Waals surface area contributed by atoms with E-state index in [0.29, 0.717) is 18.7 Å². The molecule has 3 heterocycles. The van der Waals surface area contributed by atoms with Crippen LogP contribution in [-0.2, 0) is 21.3 Å². The number of hydrogen-bond donors (Lipinski definition) is 4. The van der Waals surface area contributed by atoms with Gasteiger partial charge in [0.25, 0.3) is 5.91 Å². The molecule has 3 atom stereocenters. The number of aromatic nitrogens is 1. The van der Waals surface area contributed by atoms with E-state index >= 15 is 0 Å². The Morgan fingerprint density at radius 2 is 1.88 bits per heavy atom. The molecular formula is C31H37N5O5. The second-order valence-electron chi connectivity index (χ2n) is 10.5. The van der Waals surface area contributed by atoms with Gasteiger partial charge in [0.1, 0.15) is 23.9 Å². The number of aliphatic hydroxyl groups excluding tert-OH is 2. The number of rotatable bonds is 9. The first-order chi connectivity index (χ1) is 19.9. The lowest BCUT2D eigenvalue weighted by Gasteiger charge is -2.31. The monoisotopic (exact) mass is 559 g/mol. The van der Waals surface area contributed by atoms with Crippen LogP contribution in [0.15, 0.2) is 54.1 Å². The normalized spacial score (nSPS) is 21.9. The zero-order chi connectivity index (χ0) is 28.8. The van der Waals surface area contributed by atoms with Gasteiger partial charge in [0.05, 0.1) is 19.3 Å². The molecule has 1 amide bonds. The minimum absolute atomic E-state index is 0.00331. The standard InChI is InChI=1S/C31H37N5O5/c1-35-26(18-24(19-32)31(39)34-20-29-30(38)28(37)8-13-41-29)6-7-27(35)23-3-2-22-17-25(5-4-21(22)16-23)33-9-10-36-11-14-40-15-12-36/h2-7,16-18,28-30,33,37-38H,8-15,20H2,1H3,(H,34,39)/b24-18+/t28-,29-,30+/m1/s1. The molecule has 10 heteroatoms. The minimum atomic E-state index is -1.08. The highest BCUT2D eigenvalue weighted by Crippen LogP contribution is 2.28. The Morgan fingerprint density at radius 1 is 1.10 bits per heavy atom. The smallest absolute Gasteiger partial charge is 0.262 e. The van der Waals surface area contributed by atoms with Crippen molar-refractivity contribution in [3.63, 3.8) is 0 Å². The van der Waals surface area contributed by atoms with Crippen molar-refractivity contribution >= 4 is 28.4 Å². The van der Waals surface area contributed by atoms with Crippen molar-refractivity contribution in [2.45, 2.75) is 24.7 Å². The molecule has 0 spiro atoms. The fourth-order valence-corrected chi connectivity index (χ4v) is 5.28. The van der Waals surface area contributed by atoms with Crippen LogP contribution < -0.4 is 10.6 Å². The van der Waals surface area contributed by atoms with Crippen molar-refractivity contribution in [3.8, 4) is 17.3 Å². The summed E-state index contributed by atoms with van der Waals surface area (Å²) in [4.78, 5) is 15.1. The maximum absolute atomic E-state index is 12.7. The Labute approximate surface area is 239 Å². The molecule has 216 valence electrons. The number of morpholine rings is 1. The molecule has 10 nitrogen and oxygen atoms in total. The highest BCUT2D eigenvalue weighted by Gasteiger charge is 2.31. The van der Waals surface area contributed by atoms with Crippen molar-refractivity contribution in [2.24, 2.45) is 7.05 Å². The van der Waals surface area contributed by atoms with Crippen LogP contribution in [-0.4, -0.2) is 96.4 Å². The summed E-state index contributed by atoms with van der Waals surface area (Å²) in [6.45, 7) is 5.74. The highest BCUT2D eigenvalue weighted by molar-refractivity contribution is 6.01. The zero-order valence-corrected chi connectivity index (χ0v) is 23.3. The van der Waals surface area contributed by atoms with Gasteiger partial charge >= 0.3 is 0 Å². The fraction of sp³-hybridized carbons (Fsp3) is 0.419. The Hall–Kier alpha value is -3.72. The maximum atomic E-state index is 12.7. The van der Waals surface area contributed by atoms with Gasteiger partial charge in [0.15, 0.2) is 0 Å². The van der Waals surface area contributed by atoms with E-state index in [1.54, 1.807) is 6.08 Å². The van der Waals surface area contributed by atoms with Crippen molar-refractivity contribution in [1.29, 1.82) is 5.26 Å². The molecule has 2 aliphatic heterocycles. The lowest BCUT2D eigenvalue weighted by molar-refractivity contribution is -0.136. The topological polar surface area (TPSA) is 132 Å². The van der Waals surface area contributed by atoms with E-state index in [0.717, 1.165) is 67.1 Å². The van der Waals surface area contributed by atoms with Gasteiger partial charge in [0, 0.05) is 63.5 Å². The third kappa shape index (κ3) is 6.96. The van der Waals surface area contributed by atoms with E-state index in [1.165, 1.54) is 0 Å². The average Bonchev–Trinajstić information content (AvgIpc) is 3.36. The summed E-state index contributed by atoms with van der Waals surface area (Å²) >= 11 is 0. The second kappa shape index (κ2) is 13.3. The number of hydrogen-bond acceptors (Lipinski definition) is 8. The van der Waals surface area contributed by atoms with Gasteiger partial charge < -0.3 is 34.9 Å². The number of benzene rings is 2. The number of amides is 1. The van der Waals surface area contributed by atoms with Gasteiger partial charge in [-0.15, -0.1) is 0 Å². The van der Waals surface area contributed by atoms with Crippen LogP contribution in [0.3, 0.4) is 0 Å². The number of ether oxygens (including phenoxy) is 2. The summed E-state index contributed by atoms with van der Waals surface area (Å²) in [6, 6.07) is 18.5. The van der Waals surface area contributed by atoms with Gasteiger partial charge in [-0.05, 0) is 59.2 Å². The van der Waals surface area contributed by atoms with Crippen LogP contribution >= 0.6 is 0 Å². The first-order valence-electron chi connectivity index (χ1n) is 14.0. The van der Waals surface area contributed by atoms with E-state index in [1.807, 2.05) is 29.8 Å². The Bertz CT molecular complexity index is 1440. The first-order valence-corrected chi connectivity index (χ1v) is 14.0. The highest BCUT2D eigenvalue weighted by atomic mass is 16.5. The molecule has 2 aromatic carbocycles. The maximum Gasteiger partial charge on any atom is 0.262 e. The van der Waals surface area contributed by atoms with Crippen LogP contribution in [0.1, 0.15) is 12.1 Å². The van der Waals surface area contributed by atoms with Crippen molar-refractivity contribution in [2.75, 3.05) is 57.9 Å². The van der Waals surface area contributed by atoms with Crippen molar-refractivity contribution in [3.05, 3.63) is 59.8 Å². The van der Waals surface area contributed by atoms with E-state index in [4.69, 9.17) is 9.47 Å². The molecule has 0 aliphatic carbocycles. The van der Waals surface area contributed by atoms with Gasteiger partial charge in [0.2, 0.25) is 0 Å².